The summed E-state index contributed by atoms with van der Waals surface area (Å²) in [5, 5.41) is 9.10. The van der Waals surface area contributed by atoms with Gasteiger partial charge >= 0.3 is 5.97 Å². The van der Waals surface area contributed by atoms with Crippen LogP contribution in [0.25, 0.3) is 5.57 Å². The van der Waals surface area contributed by atoms with Gasteiger partial charge in [-0.3, -0.25) is 0 Å². The molecule has 3 nitrogen and oxygen atoms in total. The zero-order valence-electron chi connectivity index (χ0n) is 9.44. The summed E-state index contributed by atoms with van der Waals surface area (Å²) in [5.74, 6) is -0.437. The second-order valence-corrected chi connectivity index (χ2v) is 4.38. The second-order valence-electron chi connectivity index (χ2n) is 3.30. The molecule has 0 aliphatic heterocycles. The molecule has 17 heavy (non-hydrogen) atoms. The van der Waals surface area contributed by atoms with Crippen molar-refractivity contribution in [1.82, 2.24) is 0 Å². The highest BCUT2D eigenvalue weighted by Crippen LogP contribution is 2.23. The Morgan fingerprint density at radius 3 is 2.59 bits per heavy atom. The van der Waals surface area contributed by atoms with Crippen molar-refractivity contribution in [3.8, 4) is 6.07 Å². The van der Waals surface area contributed by atoms with Gasteiger partial charge < -0.3 is 4.74 Å². The van der Waals surface area contributed by atoms with Crippen molar-refractivity contribution in [3.05, 3.63) is 39.5 Å². The number of nitrogens with zero attached hydrogens (tertiary/aromatic N) is 1. The fourth-order valence-electron chi connectivity index (χ4n) is 1.21. The molecule has 1 aromatic rings. The van der Waals surface area contributed by atoms with Crippen LogP contribution in [0, 0.1) is 11.3 Å². The third-order valence-electron chi connectivity index (χ3n) is 2.01. The molecular weight excluding hydrogens is 329 g/mol. The molecule has 0 heterocycles. The first-order valence-electron chi connectivity index (χ1n) is 5.23. The molecule has 0 radical (unpaired) electrons. The highest BCUT2D eigenvalue weighted by molar-refractivity contribution is 14.1. The molecule has 0 aliphatic rings. The van der Waals surface area contributed by atoms with Gasteiger partial charge in [-0.2, -0.15) is 5.26 Å². The lowest BCUT2D eigenvalue weighted by atomic mass is 10.1. The number of esters is 1. The number of allylic oxidation sites excluding steroid dienone is 1. The minimum absolute atomic E-state index is 0.324. The first kappa shape index (κ1) is 13.7. The van der Waals surface area contributed by atoms with Gasteiger partial charge in [0.05, 0.1) is 12.2 Å². The SMILES string of the molecule is CCCOC(=O)/C(I)=C(\C#N)c1ccccc1. The first-order valence-corrected chi connectivity index (χ1v) is 6.31. The Morgan fingerprint density at radius 1 is 1.41 bits per heavy atom. The highest BCUT2D eigenvalue weighted by atomic mass is 127. The van der Waals surface area contributed by atoms with E-state index in [1.54, 1.807) is 12.1 Å². The number of carbonyl (C=O) groups excluding carboxylic acids is 1. The minimum Gasteiger partial charge on any atom is -0.462 e. The van der Waals surface area contributed by atoms with E-state index in [0.29, 0.717) is 15.8 Å². The van der Waals surface area contributed by atoms with Crippen molar-refractivity contribution in [1.29, 1.82) is 5.26 Å². The summed E-state index contributed by atoms with van der Waals surface area (Å²) in [5.41, 5.74) is 1.08. The zero-order valence-corrected chi connectivity index (χ0v) is 11.6. The highest BCUT2D eigenvalue weighted by Gasteiger charge is 2.15. The lowest BCUT2D eigenvalue weighted by molar-refractivity contribution is -0.137. The van der Waals surface area contributed by atoms with Crippen molar-refractivity contribution < 1.29 is 9.53 Å². The quantitative estimate of drug-likeness (QED) is 0.365. The molecule has 0 aromatic heterocycles. The van der Waals surface area contributed by atoms with Gasteiger partial charge in [0.1, 0.15) is 9.65 Å². The molecule has 0 saturated carbocycles. The van der Waals surface area contributed by atoms with E-state index in [4.69, 9.17) is 10.00 Å². The number of rotatable bonds is 4. The van der Waals surface area contributed by atoms with Crippen LogP contribution in [-0.4, -0.2) is 12.6 Å². The summed E-state index contributed by atoms with van der Waals surface area (Å²) in [6.07, 6.45) is 0.767. The van der Waals surface area contributed by atoms with Gasteiger partial charge in [0, 0.05) is 0 Å². The maximum atomic E-state index is 11.6. The van der Waals surface area contributed by atoms with Crippen LogP contribution >= 0.6 is 22.6 Å². The number of benzene rings is 1. The van der Waals surface area contributed by atoms with Crippen molar-refractivity contribution in [2.24, 2.45) is 0 Å². The third kappa shape index (κ3) is 3.86. The number of ether oxygens (including phenoxy) is 1. The Labute approximate surface area is 114 Å². The average Bonchev–Trinajstić information content (AvgIpc) is 2.38. The Kier molecular flexibility index (Phi) is 5.70. The third-order valence-corrected chi connectivity index (χ3v) is 2.99. The van der Waals surface area contributed by atoms with Crippen molar-refractivity contribution in [3.63, 3.8) is 0 Å². The number of hydrogen-bond acceptors (Lipinski definition) is 3. The minimum atomic E-state index is -0.437. The van der Waals surface area contributed by atoms with Gasteiger partial charge in [-0.1, -0.05) is 37.3 Å². The van der Waals surface area contributed by atoms with Gasteiger partial charge in [-0.15, -0.1) is 0 Å². The Balaban J connectivity index is 3.00. The molecule has 0 spiro atoms. The summed E-state index contributed by atoms with van der Waals surface area (Å²) < 4.78 is 5.33. The fraction of sp³-hybridized carbons (Fsp3) is 0.231. The topological polar surface area (TPSA) is 50.1 Å². The number of halogens is 1. The van der Waals surface area contributed by atoms with Crippen LogP contribution in [-0.2, 0) is 9.53 Å². The molecule has 0 aliphatic carbocycles. The van der Waals surface area contributed by atoms with Crippen LogP contribution in [0.15, 0.2) is 33.9 Å². The molecule has 0 N–H and O–H groups in total. The Bertz CT molecular complexity index is 460. The molecule has 0 unspecified atom stereocenters. The van der Waals surface area contributed by atoms with E-state index in [-0.39, 0.29) is 0 Å². The van der Waals surface area contributed by atoms with E-state index in [1.807, 2.05) is 53.8 Å². The monoisotopic (exact) mass is 341 g/mol. The maximum absolute atomic E-state index is 11.6. The van der Waals surface area contributed by atoms with Crippen LogP contribution in [0.4, 0.5) is 0 Å². The summed E-state index contributed by atoms with van der Waals surface area (Å²) in [4.78, 5) is 11.6. The lowest BCUT2D eigenvalue weighted by Crippen LogP contribution is -2.06. The summed E-state index contributed by atoms with van der Waals surface area (Å²) in [6, 6.07) is 11.2. The van der Waals surface area contributed by atoms with E-state index in [0.717, 1.165) is 12.0 Å². The van der Waals surface area contributed by atoms with Gasteiger partial charge in [0.15, 0.2) is 0 Å². The molecule has 0 bridgehead atoms. The van der Waals surface area contributed by atoms with Crippen LogP contribution in [0.5, 0.6) is 0 Å². The van der Waals surface area contributed by atoms with Crippen molar-refractivity contribution in [2.75, 3.05) is 6.61 Å². The normalized spacial score (nSPS) is 11.4. The Hall–Kier alpha value is -1.35. The molecule has 0 amide bonds. The summed E-state index contributed by atoms with van der Waals surface area (Å²) in [7, 11) is 0. The van der Waals surface area contributed by atoms with Gasteiger partial charge in [0.2, 0.25) is 0 Å². The molecule has 0 saturated heterocycles. The molecule has 0 atom stereocenters. The average molecular weight is 341 g/mol. The second kappa shape index (κ2) is 7.07. The molecule has 0 fully saturated rings. The van der Waals surface area contributed by atoms with Crippen LogP contribution in [0.2, 0.25) is 0 Å². The molecule has 88 valence electrons. The lowest BCUT2D eigenvalue weighted by Gasteiger charge is -2.04. The largest absolute Gasteiger partial charge is 0.462 e. The molecule has 1 aromatic carbocycles. The molecule has 1 rings (SSSR count). The number of nitriles is 1. The molecule has 4 heteroatoms. The van der Waals surface area contributed by atoms with E-state index in [1.165, 1.54) is 0 Å². The smallest absolute Gasteiger partial charge is 0.345 e. The van der Waals surface area contributed by atoms with Crippen LogP contribution < -0.4 is 0 Å². The van der Waals surface area contributed by atoms with Gasteiger partial charge in [0.25, 0.3) is 0 Å². The molecular formula is C13H12INO2. The van der Waals surface area contributed by atoms with Crippen LogP contribution in [0.1, 0.15) is 18.9 Å². The van der Waals surface area contributed by atoms with E-state index < -0.39 is 5.97 Å². The fourth-order valence-corrected chi connectivity index (χ4v) is 1.79. The number of hydrogen-bond donors (Lipinski definition) is 0. The Morgan fingerprint density at radius 2 is 2.06 bits per heavy atom. The first-order chi connectivity index (χ1) is 8.20. The summed E-state index contributed by atoms with van der Waals surface area (Å²) >= 11 is 1.86. The van der Waals surface area contributed by atoms with E-state index >= 15 is 0 Å². The predicted molar refractivity (Wildman–Crippen MR) is 74.2 cm³/mol. The maximum Gasteiger partial charge on any atom is 0.345 e. The van der Waals surface area contributed by atoms with Crippen molar-refractivity contribution in [2.45, 2.75) is 13.3 Å². The van der Waals surface area contributed by atoms with E-state index in [9.17, 15) is 4.79 Å². The van der Waals surface area contributed by atoms with E-state index in [2.05, 4.69) is 0 Å². The van der Waals surface area contributed by atoms with Gasteiger partial charge in [-0.25, -0.2) is 4.79 Å². The number of carbonyl (C=O) groups is 1. The standard InChI is InChI=1S/C13H12INO2/c1-2-8-17-13(16)12(14)11(9-15)10-6-4-3-5-7-10/h3-7H,2,8H2,1H3/b12-11-. The zero-order chi connectivity index (χ0) is 12.7. The predicted octanol–water partition coefficient (Wildman–Crippen LogP) is 3.31. The summed E-state index contributed by atoms with van der Waals surface area (Å²) in [6.45, 7) is 2.30. The van der Waals surface area contributed by atoms with Crippen molar-refractivity contribution >= 4 is 34.1 Å². The van der Waals surface area contributed by atoms with Gasteiger partial charge in [-0.05, 0) is 34.6 Å². The van der Waals surface area contributed by atoms with Crippen LogP contribution in [0.3, 0.4) is 0 Å².